The molecule has 0 aromatic heterocycles. The van der Waals surface area contributed by atoms with E-state index in [4.69, 9.17) is 16.3 Å². The molecular formula is C15H12ClF2NO2. The third kappa shape index (κ3) is 4.16. The van der Waals surface area contributed by atoms with E-state index in [1.54, 1.807) is 6.07 Å². The van der Waals surface area contributed by atoms with Crippen molar-refractivity contribution in [2.45, 2.75) is 0 Å². The highest BCUT2D eigenvalue weighted by molar-refractivity contribution is 6.33. The van der Waals surface area contributed by atoms with Crippen molar-refractivity contribution in [3.8, 4) is 5.75 Å². The molecule has 1 N–H and O–H groups in total. The van der Waals surface area contributed by atoms with Crippen molar-refractivity contribution in [3.05, 3.63) is 64.7 Å². The van der Waals surface area contributed by atoms with Gasteiger partial charge >= 0.3 is 0 Å². The Labute approximate surface area is 125 Å². The molecular weight excluding hydrogens is 300 g/mol. The van der Waals surface area contributed by atoms with E-state index in [2.05, 4.69) is 5.32 Å². The Balaban J connectivity index is 1.85. The Morgan fingerprint density at radius 3 is 2.67 bits per heavy atom. The third-order valence-corrected chi connectivity index (χ3v) is 2.96. The monoisotopic (exact) mass is 311 g/mol. The van der Waals surface area contributed by atoms with Crippen LogP contribution in [0.25, 0.3) is 0 Å². The first-order valence-corrected chi connectivity index (χ1v) is 6.56. The molecule has 0 aliphatic heterocycles. The Morgan fingerprint density at radius 2 is 1.95 bits per heavy atom. The molecule has 110 valence electrons. The lowest BCUT2D eigenvalue weighted by atomic mass is 10.2. The fraction of sp³-hybridized carbons (Fsp3) is 0.133. The summed E-state index contributed by atoms with van der Waals surface area (Å²) in [5.41, 5.74) is -0.204. The highest BCUT2D eigenvalue weighted by Gasteiger charge is 2.14. The molecule has 0 saturated carbocycles. The van der Waals surface area contributed by atoms with Gasteiger partial charge in [0, 0.05) is 6.07 Å². The summed E-state index contributed by atoms with van der Waals surface area (Å²) in [4.78, 5) is 11.8. The van der Waals surface area contributed by atoms with Gasteiger partial charge in [-0.1, -0.05) is 23.7 Å². The van der Waals surface area contributed by atoms with Crippen LogP contribution in [0.2, 0.25) is 5.02 Å². The summed E-state index contributed by atoms with van der Waals surface area (Å²) in [7, 11) is 0. The minimum Gasteiger partial charge on any atom is -0.492 e. The molecule has 0 saturated heterocycles. The molecule has 0 unspecified atom stereocenters. The van der Waals surface area contributed by atoms with Crippen LogP contribution in [0.1, 0.15) is 10.4 Å². The second kappa shape index (κ2) is 7.04. The van der Waals surface area contributed by atoms with E-state index >= 15 is 0 Å². The van der Waals surface area contributed by atoms with Gasteiger partial charge in [0.05, 0.1) is 17.1 Å². The van der Waals surface area contributed by atoms with Crippen molar-refractivity contribution >= 4 is 17.5 Å². The molecule has 0 aliphatic carbocycles. The van der Waals surface area contributed by atoms with Crippen LogP contribution in [0.3, 0.4) is 0 Å². The van der Waals surface area contributed by atoms with Crippen LogP contribution in [0.15, 0.2) is 42.5 Å². The minimum absolute atomic E-state index is 0.0403. The highest BCUT2D eigenvalue weighted by atomic mass is 35.5. The first-order valence-electron chi connectivity index (χ1n) is 6.18. The molecule has 21 heavy (non-hydrogen) atoms. The Morgan fingerprint density at radius 1 is 1.19 bits per heavy atom. The number of benzene rings is 2. The standard InChI is InChI=1S/C15H12ClF2NO2/c16-12-5-2-6-13(18)14(12)15(20)19-7-8-21-11-4-1-3-10(17)9-11/h1-6,9H,7-8H2,(H,19,20). The van der Waals surface area contributed by atoms with Gasteiger partial charge in [-0.15, -0.1) is 0 Å². The Kier molecular flexibility index (Phi) is 5.11. The second-order valence-electron chi connectivity index (χ2n) is 4.16. The van der Waals surface area contributed by atoms with E-state index in [-0.39, 0.29) is 23.7 Å². The zero-order valence-electron chi connectivity index (χ0n) is 10.9. The van der Waals surface area contributed by atoms with Gasteiger partial charge in [-0.25, -0.2) is 8.78 Å². The molecule has 0 aliphatic rings. The smallest absolute Gasteiger partial charge is 0.255 e. The quantitative estimate of drug-likeness (QED) is 0.859. The van der Waals surface area contributed by atoms with Gasteiger partial charge in [-0.05, 0) is 24.3 Å². The van der Waals surface area contributed by atoms with Gasteiger partial charge in [0.1, 0.15) is 24.0 Å². The van der Waals surface area contributed by atoms with E-state index < -0.39 is 17.5 Å². The Hall–Kier alpha value is -2.14. The number of amides is 1. The van der Waals surface area contributed by atoms with Gasteiger partial charge in [-0.3, -0.25) is 4.79 Å². The van der Waals surface area contributed by atoms with Crippen molar-refractivity contribution in [1.29, 1.82) is 0 Å². The molecule has 0 bridgehead atoms. The zero-order valence-corrected chi connectivity index (χ0v) is 11.7. The Bertz CT molecular complexity index is 629. The third-order valence-electron chi connectivity index (χ3n) is 2.64. The summed E-state index contributed by atoms with van der Waals surface area (Å²) in [6.07, 6.45) is 0. The average Bonchev–Trinajstić information content (AvgIpc) is 2.43. The lowest BCUT2D eigenvalue weighted by Crippen LogP contribution is -2.29. The summed E-state index contributed by atoms with van der Waals surface area (Å²) >= 11 is 5.78. The first-order chi connectivity index (χ1) is 10.1. The fourth-order valence-corrected chi connectivity index (χ4v) is 1.94. The summed E-state index contributed by atoms with van der Waals surface area (Å²) in [6, 6.07) is 9.65. The molecule has 2 aromatic carbocycles. The average molecular weight is 312 g/mol. The number of ether oxygens (including phenoxy) is 1. The lowest BCUT2D eigenvalue weighted by Gasteiger charge is -2.09. The predicted octanol–water partition coefficient (Wildman–Crippen LogP) is 3.43. The molecule has 6 heteroatoms. The maximum atomic E-state index is 13.5. The van der Waals surface area contributed by atoms with E-state index in [0.717, 1.165) is 6.07 Å². The van der Waals surface area contributed by atoms with Crippen molar-refractivity contribution in [2.24, 2.45) is 0 Å². The second-order valence-corrected chi connectivity index (χ2v) is 4.57. The van der Waals surface area contributed by atoms with Crippen LogP contribution in [0.4, 0.5) is 8.78 Å². The van der Waals surface area contributed by atoms with Crippen molar-refractivity contribution in [1.82, 2.24) is 5.32 Å². The van der Waals surface area contributed by atoms with E-state index in [9.17, 15) is 13.6 Å². The van der Waals surface area contributed by atoms with Crippen molar-refractivity contribution < 1.29 is 18.3 Å². The summed E-state index contributed by atoms with van der Waals surface area (Å²) in [6.45, 7) is 0.265. The first kappa shape index (κ1) is 15.3. The maximum absolute atomic E-state index is 13.5. The van der Waals surface area contributed by atoms with Gasteiger partial charge in [-0.2, -0.15) is 0 Å². The fourth-order valence-electron chi connectivity index (χ4n) is 1.69. The lowest BCUT2D eigenvalue weighted by molar-refractivity contribution is 0.0943. The van der Waals surface area contributed by atoms with Crippen LogP contribution in [0, 0.1) is 11.6 Å². The predicted molar refractivity (Wildman–Crippen MR) is 75.6 cm³/mol. The van der Waals surface area contributed by atoms with Gasteiger partial charge in [0.2, 0.25) is 0 Å². The normalized spacial score (nSPS) is 10.2. The van der Waals surface area contributed by atoms with Crippen LogP contribution < -0.4 is 10.1 Å². The molecule has 2 aromatic rings. The number of carbonyl (C=O) groups excluding carboxylic acids is 1. The van der Waals surface area contributed by atoms with Crippen molar-refractivity contribution in [3.63, 3.8) is 0 Å². The molecule has 2 rings (SSSR count). The number of halogens is 3. The molecule has 0 atom stereocenters. The molecule has 0 fully saturated rings. The molecule has 0 heterocycles. The zero-order chi connectivity index (χ0) is 15.2. The van der Waals surface area contributed by atoms with E-state index in [1.807, 2.05) is 0 Å². The largest absolute Gasteiger partial charge is 0.492 e. The van der Waals surface area contributed by atoms with Gasteiger partial charge in [0.25, 0.3) is 5.91 Å². The highest BCUT2D eigenvalue weighted by Crippen LogP contribution is 2.18. The van der Waals surface area contributed by atoms with Crippen LogP contribution >= 0.6 is 11.6 Å². The van der Waals surface area contributed by atoms with E-state index in [1.165, 1.54) is 30.3 Å². The minimum atomic E-state index is -0.689. The topological polar surface area (TPSA) is 38.3 Å². The molecule has 0 radical (unpaired) electrons. The van der Waals surface area contributed by atoms with Gasteiger partial charge < -0.3 is 10.1 Å². The van der Waals surface area contributed by atoms with E-state index in [0.29, 0.717) is 5.75 Å². The number of nitrogens with one attached hydrogen (secondary N) is 1. The number of hydrogen-bond donors (Lipinski definition) is 1. The van der Waals surface area contributed by atoms with Gasteiger partial charge in [0.15, 0.2) is 0 Å². The number of carbonyl (C=O) groups is 1. The van der Waals surface area contributed by atoms with Crippen LogP contribution in [0.5, 0.6) is 5.75 Å². The van der Waals surface area contributed by atoms with Crippen LogP contribution in [-0.2, 0) is 0 Å². The number of hydrogen-bond acceptors (Lipinski definition) is 2. The van der Waals surface area contributed by atoms with Crippen molar-refractivity contribution in [2.75, 3.05) is 13.2 Å². The maximum Gasteiger partial charge on any atom is 0.255 e. The summed E-state index contributed by atoms with van der Waals surface area (Å²) in [5.74, 6) is -1.37. The SMILES string of the molecule is O=C(NCCOc1cccc(F)c1)c1c(F)cccc1Cl. The molecule has 3 nitrogen and oxygen atoms in total. The number of rotatable bonds is 5. The van der Waals surface area contributed by atoms with Crippen LogP contribution in [-0.4, -0.2) is 19.1 Å². The molecule has 1 amide bonds. The summed E-state index contributed by atoms with van der Waals surface area (Å²) in [5, 5.41) is 2.52. The summed E-state index contributed by atoms with van der Waals surface area (Å²) < 4.78 is 31.7. The molecule has 0 spiro atoms.